The van der Waals surface area contributed by atoms with Gasteiger partial charge in [0.1, 0.15) is 0 Å². The van der Waals surface area contributed by atoms with E-state index in [1.165, 1.54) is 12.1 Å². The minimum Gasteiger partial charge on any atom is -0.382 e. The molecule has 0 aromatic heterocycles. The molecule has 0 saturated carbocycles. The van der Waals surface area contributed by atoms with E-state index in [4.69, 9.17) is 10.8 Å². The fraction of sp³-hybridized carbons (Fsp3) is 0.333. The lowest BCUT2D eigenvalue weighted by molar-refractivity contribution is -0.210. The molecule has 0 aliphatic carbocycles. The van der Waals surface area contributed by atoms with E-state index in [2.05, 4.69) is 0 Å². The normalized spacial score (nSPS) is 16.1. The van der Waals surface area contributed by atoms with E-state index in [1.807, 2.05) is 22.6 Å². The second kappa shape index (κ2) is 4.67. The van der Waals surface area contributed by atoms with Crippen molar-refractivity contribution in [2.24, 2.45) is 5.73 Å². The summed E-state index contributed by atoms with van der Waals surface area (Å²) in [6.07, 6.45) is -7.23. The Kier molecular flexibility index (Phi) is 3.96. The third-order valence-electron chi connectivity index (χ3n) is 1.91. The molecular formula is C9H9F3INO. The van der Waals surface area contributed by atoms with Gasteiger partial charge >= 0.3 is 6.18 Å². The molecule has 0 saturated heterocycles. The molecule has 2 atom stereocenters. The lowest BCUT2D eigenvalue weighted by Gasteiger charge is -2.21. The molecule has 1 rings (SSSR count). The average molecular weight is 331 g/mol. The van der Waals surface area contributed by atoms with Gasteiger partial charge in [-0.25, -0.2) is 0 Å². The second-order valence-corrected chi connectivity index (χ2v) is 4.31. The van der Waals surface area contributed by atoms with Gasteiger partial charge in [-0.2, -0.15) is 13.2 Å². The van der Waals surface area contributed by atoms with Gasteiger partial charge in [-0.15, -0.1) is 0 Å². The monoisotopic (exact) mass is 331 g/mol. The van der Waals surface area contributed by atoms with Crippen LogP contribution in [0.15, 0.2) is 24.3 Å². The Labute approximate surface area is 98.4 Å². The van der Waals surface area contributed by atoms with Gasteiger partial charge < -0.3 is 10.8 Å². The van der Waals surface area contributed by atoms with Crippen molar-refractivity contribution in [3.8, 4) is 0 Å². The van der Waals surface area contributed by atoms with Gasteiger partial charge in [-0.1, -0.05) is 12.1 Å². The van der Waals surface area contributed by atoms with Crippen LogP contribution < -0.4 is 5.73 Å². The van der Waals surface area contributed by atoms with E-state index in [1.54, 1.807) is 12.1 Å². The van der Waals surface area contributed by atoms with Crippen LogP contribution in [-0.4, -0.2) is 17.4 Å². The van der Waals surface area contributed by atoms with Gasteiger partial charge in [0.05, 0.1) is 6.04 Å². The van der Waals surface area contributed by atoms with Crippen molar-refractivity contribution >= 4 is 22.6 Å². The quantitative estimate of drug-likeness (QED) is 0.817. The van der Waals surface area contributed by atoms with Crippen LogP contribution in [-0.2, 0) is 0 Å². The Balaban J connectivity index is 2.90. The van der Waals surface area contributed by atoms with E-state index < -0.39 is 18.3 Å². The number of rotatable bonds is 2. The van der Waals surface area contributed by atoms with Crippen LogP contribution in [0.4, 0.5) is 13.2 Å². The van der Waals surface area contributed by atoms with Crippen molar-refractivity contribution in [1.82, 2.24) is 0 Å². The molecule has 0 amide bonds. The third-order valence-corrected chi connectivity index (χ3v) is 2.58. The summed E-state index contributed by atoms with van der Waals surface area (Å²) in [6, 6.07) is 4.86. The SMILES string of the molecule is N[C@@H](c1cccc(I)c1)[C@H](O)C(F)(F)F. The minimum atomic E-state index is -4.69. The van der Waals surface area contributed by atoms with Crippen LogP contribution in [0.25, 0.3) is 0 Å². The molecule has 84 valence electrons. The standard InChI is InChI=1S/C9H9F3INO/c10-9(11,12)8(15)7(14)5-2-1-3-6(13)4-5/h1-4,7-8,15H,14H2/t7-,8-/m0/s1. The number of hydrogen-bond acceptors (Lipinski definition) is 2. The zero-order chi connectivity index (χ0) is 11.6. The molecule has 0 unspecified atom stereocenters. The first-order valence-corrected chi connectivity index (χ1v) is 5.16. The largest absolute Gasteiger partial charge is 0.416 e. The maximum Gasteiger partial charge on any atom is 0.416 e. The molecule has 2 nitrogen and oxygen atoms in total. The Bertz CT molecular complexity index is 342. The van der Waals surface area contributed by atoms with E-state index in [0.717, 1.165) is 3.57 Å². The molecule has 3 N–H and O–H groups in total. The summed E-state index contributed by atoms with van der Waals surface area (Å²) in [5.74, 6) is 0. The van der Waals surface area contributed by atoms with E-state index in [0.29, 0.717) is 0 Å². The third kappa shape index (κ3) is 3.32. The van der Waals surface area contributed by atoms with Gasteiger partial charge in [-0.3, -0.25) is 0 Å². The first-order valence-electron chi connectivity index (χ1n) is 4.08. The minimum absolute atomic E-state index is 0.270. The fourth-order valence-corrected chi connectivity index (χ4v) is 1.67. The average Bonchev–Trinajstić information content (AvgIpc) is 2.14. The van der Waals surface area contributed by atoms with Gasteiger partial charge in [0.15, 0.2) is 6.10 Å². The molecular weight excluding hydrogens is 322 g/mol. The predicted molar refractivity (Wildman–Crippen MR) is 58.1 cm³/mol. The van der Waals surface area contributed by atoms with Crippen molar-refractivity contribution < 1.29 is 18.3 Å². The highest BCUT2D eigenvalue weighted by Gasteiger charge is 2.42. The van der Waals surface area contributed by atoms with Crippen molar-refractivity contribution in [3.63, 3.8) is 0 Å². The molecule has 0 aliphatic rings. The number of aliphatic hydroxyl groups excluding tert-OH is 1. The predicted octanol–water partition coefficient (Wildman–Crippen LogP) is 2.21. The number of aliphatic hydroxyl groups is 1. The highest BCUT2D eigenvalue weighted by atomic mass is 127. The van der Waals surface area contributed by atoms with Gasteiger partial charge in [0, 0.05) is 3.57 Å². The van der Waals surface area contributed by atoms with Crippen LogP contribution in [0.3, 0.4) is 0 Å². The maximum atomic E-state index is 12.2. The van der Waals surface area contributed by atoms with E-state index in [-0.39, 0.29) is 5.56 Å². The highest BCUT2D eigenvalue weighted by molar-refractivity contribution is 14.1. The molecule has 0 bridgehead atoms. The smallest absolute Gasteiger partial charge is 0.382 e. The lowest BCUT2D eigenvalue weighted by Crippen LogP contribution is -2.38. The number of alkyl halides is 3. The first kappa shape index (κ1) is 12.7. The van der Waals surface area contributed by atoms with Crippen molar-refractivity contribution in [1.29, 1.82) is 0 Å². The number of halogens is 4. The van der Waals surface area contributed by atoms with E-state index in [9.17, 15) is 13.2 Å². The van der Waals surface area contributed by atoms with Crippen LogP contribution in [0.2, 0.25) is 0 Å². The Morgan fingerprint density at radius 3 is 2.40 bits per heavy atom. The number of nitrogens with two attached hydrogens (primary N) is 1. The molecule has 0 aliphatic heterocycles. The summed E-state index contributed by atoms with van der Waals surface area (Å²) in [5, 5.41) is 8.95. The summed E-state index contributed by atoms with van der Waals surface area (Å²) in [6.45, 7) is 0. The molecule has 0 radical (unpaired) electrons. The summed E-state index contributed by atoms with van der Waals surface area (Å²) in [5.41, 5.74) is 5.59. The Morgan fingerprint density at radius 1 is 1.33 bits per heavy atom. The highest BCUT2D eigenvalue weighted by Crippen LogP contribution is 2.28. The zero-order valence-electron chi connectivity index (χ0n) is 7.50. The van der Waals surface area contributed by atoms with Crippen molar-refractivity contribution in [2.75, 3.05) is 0 Å². The topological polar surface area (TPSA) is 46.2 Å². The number of benzene rings is 1. The van der Waals surface area contributed by atoms with Gasteiger partial charge in [0.2, 0.25) is 0 Å². The Hall–Kier alpha value is -0.340. The van der Waals surface area contributed by atoms with Crippen LogP contribution >= 0.6 is 22.6 Å². The summed E-state index contributed by atoms with van der Waals surface area (Å²) < 4.78 is 37.2. The van der Waals surface area contributed by atoms with Gasteiger partial charge in [0.25, 0.3) is 0 Å². The summed E-state index contributed by atoms with van der Waals surface area (Å²) >= 11 is 1.96. The van der Waals surface area contributed by atoms with Crippen LogP contribution in [0, 0.1) is 3.57 Å². The second-order valence-electron chi connectivity index (χ2n) is 3.07. The van der Waals surface area contributed by atoms with Crippen LogP contribution in [0.5, 0.6) is 0 Å². The molecule has 15 heavy (non-hydrogen) atoms. The van der Waals surface area contributed by atoms with Crippen molar-refractivity contribution in [3.05, 3.63) is 33.4 Å². The molecule has 1 aromatic rings. The first-order chi connectivity index (χ1) is 6.82. The molecule has 0 fully saturated rings. The summed E-state index contributed by atoms with van der Waals surface area (Å²) in [7, 11) is 0. The lowest BCUT2D eigenvalue weighted by atomic mass is 10.0. The van der Waals surface area contributed by atoms with E-state index >= 15 is 0 Å². The molecule has 6 heteroatoms. The molecule has 0 spiro atoms. The Morgan fingerprint density at radius 2 is 1.93 bits per heavy atom. The van der Waals surface area contributed by atoms with Crippen molar-refractivity contribution in [2.45, 2.75) is 18.3 Å². The maximum absolute atomic E-state index is 12.2. The van der Waals surface area contributed by atoms with Gasteiger partial charge in [-0.05, 0) is 40.3 Å². The summed E-state index contributed by atoms with van der Waals surface area (Å²) in [4.78, 5) is 0. The molecule has 1 aromatic carbocycles. The molecule has 0 heterocycles. The van der Waals surface area contributed by atoms with Crippen LogP contribution in [0.1, 0.15) is 11.6 Å². The number of hydrogen-bond donors (Lipinski definition) is 2. The zero-order valence-corrected chi connectivity index (χ0v) is 9.66. The fourth-order valence-electron chi connectivity index (χ4n) is 1.10.